The van der Waals surface area contributed by atoms with Crippen LogP contribution in [0.1, 0.15) is 39.1 Å². The summed E-state index contributed by atoms with van der Waals surface area (Å²) >= 11 is 0. The summed E-state index contributed by atoms with van der Waals surface area (Å²) in [6.45, 7) is 0.299. The molecule has 162 valence electrons. The van der Waals surface area contributed by atoms with E-state index in [1.165, 1.54) is 12.1 Å². The summed E-state index contributed by atoms with van der Waals surface area (Å²) in [5, 5.41) is 20.2. The third kappa shape index (κ3) is 5.25. The topological polar surface area (TPSA) is 126 Å². The van der Waals surface area contributed by atoms with Crippen molar-refractivity contribution >= 4 is 28.9 Å². The number of nitro benzene ring substituents is 1. The van der Waals surface area contributed by atoms with Crippen LogP contribution < -0.4 is 16.0 Å². The minimum absolute atomic E-state index is 0.171. The molecule has 1 aliphatic rings. The van der Waals surface area contributed by atoms with Crippen molar-refractivity contribution in [2.75, 3.05) is 10.6 Å². The zero-order valence-electron chi connectivity index (χ0n) is 17.1. The fraction of sp³-hybridized carbons (Fsp3) is 0.174. The number of carbonyl (C=O) groups excluding carboxylic acids is 2. The standard InChI is InChI=1S/C23H21N5O4/c29-22(16-8-10-24-11-9-16)27-19-3-1-2-15(12-19)14-25-20-7-4-17(13-21(20)28(31)32)23(30)26-18-5-6-18/h1-4,7-13,18,25H,5-6,14H2,(H,26,30)(H,27,29). The second-order valence-corrected chi connectivity index (χ2v) is 7.48. The van der Waals surface area contributed by atoms with Gasteiger partial charge < -0.3 is 16.0 Å². The van der Waals surface area contributed by atoms with Crippen molar-refractivity contribution in [1.82, 2.24) is 10.3 Å². The van der Waals surface area contributed by atoms with Crippen LogP contribution in [0.4, 0.5) is 17.1 Å². The lowest BCUT2D eigenvalue weighted by atomic mass is 10.1. The van der Waals surface area contributed by atoms with Crippen molar-refractivity contribution in [2.45, 2.75) is 25.4 Å². The molecule has 9 nitrogen and oxygen atoms in total. The first-order valence-electron chi connectivity index (χ1n) is 10.1. The number of pyridine rings is 1. The molecule has 2 amide bonds. The van der Waals surface area contributed by atoms with Crippen LogP contribution in [0.15, 0.2) is 67.0 Å². The maximum atomic E-state index is 12.3. The Morgan fingerprint density at radius 3 is 2.50 bits per heavy atom. The fourth-order valence-electron chi connectivity index (χ4n) is 3.13. The smallest absolute Gasteiger partial charge is 0.293 e. The SMILES string of the molecule is O=C(Nc1cccc(CNc2ccc(C(=O)NC3CC3)cc2[N+](=O)[O-])c1)c1ccncc1. The number of amides is 2. The van der Waals surface area contributed by atoms with E-state index in [2.05, 4.69) is 20.9 Å². The van der Waals surface area contributed by atoms with Crippen LogP contribution in [0.2, 0.25) is 0 Å². The van der Waals surface area contributed by atoms with Gasteiger partial charge in [-0.05, 0) is 54.8 Å². The van der Waals surface area contributed by atoms with E-state index in [1.54, 1.807) is 48.8 Å². The third-order valence-corrected chi connectivity index (χ3v) is 4.98. The molecule has 3 aromatic rings. The molecule has 1 saturated carbocycles. The molecule has 0 aliphatic heterocycles. The van der Waals surface area contributed by atoms with E-state index in [0.29, 0.717) is 23.5 Å². The molecule has 1 aliphatic carbocycles. The highest BCUT2D eigenvalue weighted by molar-refractivity contribution is 6.04. The monoisotopic (exact) mass is 431 g/mol. The van der Waals surface area contributed by atoms with E-state index < -0.39 is 4.92 Å². The summed E-state index contributed by atoms with van der Waals surface area (Å²) in [4.78, 5) is 39.4. The maximum Gasteiger partial charge on any atom is 0.293 e. The molecule has 0 spiro atoms. The van der Waals surface area contributed by atoms with Crippen LogP contribution >= 0.6 is 0 Å². The van der Waals surface area contributed by atoms with Gasteiger partial charge in [-0.15, -0.1) is 0 Å². The van der Waals surface area contributed by atoms with Crippen LogP contribution in [0.3, 0.4) is 0 Å². The van der Waals surface area contributed by atoms with Crippen LogP contribution in [-0.4, -0.2) is 27.8 Å². The van der Waals surface area contributed by atoms with Crippen molar-refractivity contribution < 1.29 is 14.5 Å². The van der Waals surface area contributed by atoms with E-state index in [4.69, 9.17) is 0 Å². The van der Waals surface area contributed by atoms with Crippen LogP contribution in [0, 0.1) is 10.1 Å². The highest BCUT2D eigenvalue weighted by atomic mass is 16.6. The molecule has 0 unspecified atom stereocenters. The van der Waals surface area contributed by atoms with Crippen molar-refractivity contribution in [2.24, 2.45) is 0 Å². The number of nitrogens with one attached hydrogen (secondary N) is 3. The molecular weight excluding hydrogens is 410 g/mol. The molecule has 1 fully saturated rings. The van der Waals surface area contributed by atoms with Gasteiger partial charge in [0, 0.05) is 47.9 Å². The Bertz CT molecular complexity index is 1160. The normalized spacial score (nSPS) is 12.6. The van der Waals surface area contributed by atoms with Crippen molar-refractivity contribution in [3.05, 3.63) is 93.8 Å². The number of nitrogens with zero attached hydrogens (tertiary/aromatic N) is 2. The quantitative estimate of drug-likeness (QED) is 0.368. The fourth-order valence-corrected chi connectivity index (χ4v) is 3.13. The predicted molar refractivity (Wildman–Crippen MR) is 120 cm³/mol. The van der Waals surface area contributed by atoms with Gasteiger partial charge in [0.1, 0.15) is 5.69 Å². The molecular formula is C23H21N5O4. The number of aromatic nitrogens is 1. The van der Waals surface area contributed by atoms with Gasteiger partial charge in [-0.2, -0.15) is 0 Å². The number of anilines is 2. The molecule has 9 heteroatoms. The number of rotatable bonds is 8. The number of carbonyl (C=O) groups is 2. The molecule has 0 bridgehead atoms. The molecule has 0 atom stereocenters. The molecule has 32 heavy (non-hydrogen) atoms. The van der Waals surface area contributed by atoms with Crippen LogP contribution in [-0.2, 0) is 6.54 Å². The van der Waals surface area contributed by atoms with Crippen molar-refractivity contribution in [1.29, 1.82) is 0 Å². The largest absolute Gasteiger partial charge is 0.375 e. The van der Waals surface area contributed by atoms with Gasteiger partial charge in [-0.1, -0.05) is 12.1 Å². The predicted octanol–water partition coefficient (Wildman–Crippen LogP) is 3.75. The Labute approximate surface area is 184 Å². The summed E-state index contributed by atoms with van der Waals surface area (Å²) in [6, 6.07) is 15.0. The second-order valence-electron chi connectivity index (χ2n) is 7.48. The summed E-state index contributed by atoms with van der Waals surface area (Å²) in [6.07, 6.45) is 4.97. The maximum absolute atomic E-state index is 12.3. The molecule has 1 aromatic heterocycles. The Morgan fingerprint density at radius 1 is 1.00 bits per heavy atom. The van der Waals surface area contributed by atoms with Gasteiger partial charge in [0.05, 0.1) is 4.92 Å². The molecule has 0 radical (unpaired) electrons. The lowest BCUT2D eigenvalue weighted by Gasteiger charge is -2.11. The summed E-state index contributed by atoms with van der Waals surface area (Å²) in [5.74, 6) is -0.562. The van der Waals surface area contributed by atoms with Crippen molar-refractivity contribution in [3.63, 3.8) is 0 Å². The van der Waals surface area contributed by atoms with Gasteiger partial charge in [-0.25, -0.2) is 0 Å². The lowest BCUT2D eigenvalue weighted by Crippen LogP contribution is -2.25. The number of benzene rings is 2. The molecule has 1 heterocycles. The second kappa shape index (κ2) is 9.25. The van der Waals surface area contributed by atoms with Gasteiger partial charge in [0.15, 0.2) is 0 Å². The number of nitro groups is 1. The Balaban J connectivity index is 1.43. The Morgan fingerprint density at radius 2 is 1.78 bits per heavy atom. The highest BCUT2D eigenvalue weighted by Gasteiger charge is 2.25. The molecule has 3 N–H and O–H groups in total. The minimum atomic E-state index is -0.512. The van der Waals surface area contributed by atoms with Crippen LogP contribution in [0.5, 0.6) is 0 Å². The first-order chi connectivity index (χ1) is 15.5. The minimum Gasteiger partial charge on any atom is -0.375 e. The van der Waals surface area contributed by atoms with Gasteiger partial charge in [0.2, 0.25) is 0 Å². The molecule has 4 rings (SSSR count). The van der Waals surface area contributed by atoms with E-state index >= 15 is 0 Å². The number of hydrogen-bond acceptors (Lipinski definition) is 6. The van der Waals surface area contributed by atoms with E-state index in [0.717, 1.165) is 18.4 Å². The van der Waals surface area contributed by atoms with E-state index in [9.17, 15) is 19.7 Å². The first kappa shape index (κ1) is 21.0. The van der Waals surface area contributed by atoms with Crippen LogP contribution in [0.25, 0.3) is 0 Å². The summed E-state index contributed by atoms with van der Waals surface area (Å²) in [7, 11) is 0. The molecule has 0 saturated heterocycles. The van der Waals surface area contributed by atoms with Crippen molar-refractivity contribution in [3.8, 4) is 0 Å². The van der Waals surface area contributed by atoms with E-state index in [1.807, 2.05) is 6.07 Å². The number of hydrogen-bond donors (Lipinski definition) is 3. The lowest BCUT2D eigenvalue weighted by molar-refractivity contribution is -0.384. The summed E-state index contributed by atoms with van der Waals surface area (Å²) in [5.41, 5.74) is 2.31. The average molecular weight is 431 g/mol. The Kier molecular flexibility index (Phi) is 6.07. The average Bonchev–Trinajstić information content (AvgIpc) is 3.62. The van der Waals surface area contributed by atoms with Gasteiger partial charge >= 0.3 is 0 Å². The first-order valence-corrected chi connectivity index (χ1v) is 10.1. The Hall–Kier alpha value is -4.27. The van der Waals surface area contributed by atoms with E-state index in [-0.39, 0.29) is 29.1 Å². The zero-order chi connectivity index (χ0) is 22.5. The third-order valence-electron chi connectivity index (χ3n) is 4.98. The molecule has 2 aromatic carbocycles. The van der Waals surface area contributed by atoms with Gasteiger partial charge in [0.25, 0.3) is 17.5 Å². The zero-order valence-corrected chi connectivity index (χ0v) is 17.1. The summed E-state index contributed by atoms with van der Waals surface area (Å²) < 4.78 is 0. The highest BCUT2D eigenvalue weighted by Crippen LogP contribution is 2.27. The van der Waals surface area contributed by atoms with Gasteiger partial charge in [-0.3, -0.25) is 24.7 Å².